The van der Waals surface area contributed by atoms with Gasteiger partial charge < -0.3 is 4.74 Å². The second-order valence-corrected chi connectivity index (χ2v) is 5.40. The molecule has 0 fully saturated rings. The van der Waals surface area contributed by atoms with Crippen LogP contribution in [0.1, 0.15) is 10.4 Å². The zero-order valence-corrected chi connectivity index (χ0v) is 14.5. The van der Waals surface area contributed by atoms with Crippen molar-refractivity contribution in [2.24, 2.45) is 0 Å². The molecular weight excluding hydrogens is 495 g/mol. The predicted octanol–water partition coefficient (Wildman–Crippen LogP) is 5.38. The maximum atomic E-state index is 13.3. The standard InChI is InChI=1S/C14H7F13O5/c15-9(16,6-29-8(28)7-4-2-1-3-5-7)30-10(17,18)11(19,20)31-12(21,22)13(23,24)32-14(25,26)27/h1-5H,6H2. The summed E-state index contributed by atoms with van der Waals surface area (Å²) in [4.78, 5) is 11.4. The van der Waals surface area contributed by atoms with Crippen LogP contribution in [0, 0.1) is 0 Å². The van der Waals surface area contributed by atoms with Crippen molar-refractivity contribution in [1.29, 1.82) is 0 Å². The smallest absolute Gasteiger partial charge is 0.453 e. The summed E-state index contributed by atoms with van der Waals surface area (Å²) in [6, 6.07) is 5.74. The molecule has 5 nitrogen and oxygen atoms in total. The minimum Gasteiger partial charge on any atom is -0.453 e. The summed E-state index contributed by atoms with van der Waals surface area (Å²) in [6.07, 6.45) is -40.2. The van der Waals surface area contributed by atoms with E-state index < -0.39 is 55.0 Å². The summed E-state index contributed by atoms with van der Waals surface area (Å²) in [5.41, 5.74) is -0.421. The molecule has 0 aliphatic carbocycles. The molecule has 1 aromatic rings. The predicted molar refractivity (Wildman–Crippen MR) is 70.8 cm³/mol. The molecule has 0 aliphatic heterocycles. The Morgan fingerprint density at radius 1 is 0.625 bits per heavy atom. The van der Waals surface area contributed by atoms with Crippen molar-refractivity contribution in [2.45, 2.75) is 36.9 Å². The van der Waals surface area contributed by atoms with Gasteiger partial charge in [0.05, 0.1) is 5.56 Å². The third-order valence-electron chi connectivity index (χ3n) is 2.84. The molecule has 0 saturated carbocycles. The average molecular weight is 502 g/mol. The first-order valence-corrected chi connectivity index (χ1v) is 7.39. The van der Waals surface area contributed by atoms with Gasteiger partial charge in [-0.15, -0.1) is 13.2 Å². The Morgan fingerprint density at radius 2 is 1.03 bits per heavy atom. The number of alkyl halides is 13. The van der Waals surface area contributed by atoms with Crippen molar-refractivity contribution in [1.82, 2.24) is 0 Å². The highest BCUT2D eigenvalue weighted by Crippen LogP contribution is 2.48. The van der Waals surface area contributed by atoms with Crippen molar-refractivity contribution in [2.75, 3.05) is 6.61 Å². The number of benzene rings is 1. The van der Waals surface area contributed by atoms with E-state index in [1.807, 2.05) is 0 Å². The molecule has 0 N–H and O–H groups in total. The summed E-state index contributed by atoms with van der Waals surface area (Å²) in [6.45, 7) is -2.50. The quantitative estimate of drug-likeness (QED) is 0.318. The van der Waals surface area contributed by atoms with Crippen LogP contribution in [0.4, 0.5) is 57.1 Å². The number of halogens is 13. The Hall–Kier alpha value is -2.34. The van der Waals surface area contributed by atoms with Crippen LogP contribution >= 0.6 is 0 Å². The van der Waals surface area contributed by atoms with Crippen molar-refractivity contribution in [3.05, 3.63) is 35.9 Å². The van der Waals surface area contributed by atoms with Gasteiger partial charge in [0.1, 0.15) is 0 Å². The van der Waals surface area contributed by atoms with Gasteiger partial charge in [-0.3, -0.25) is 0 Å². The van der Waals surface area contributed by atoms with Crippen molar-refractivity contribution >= 4 is 5.97 Å². The highest BCUT2D eigenvalue weighted by Gasteiger charge is 2.74. The van der Waals surface area contributed by atoms with Crippen molar-refractivity contribution < 1.29 is 80.8 Å². The van der Waals surface area contributed by atoms with E-state index in [1.165, 1.54) is 22.9 Å². The molecule has 0 heterocycles. The number of hydrogen-bond acceptors (Lipinski definition) is 5. The third-order valence-corrected chi connectivity index (χ3v) is 2.84. The summed E-state index contributed by atoms with van der Waals surface area (Å²) in [5.74, 6) is -1.60. The van der Waals surface area contributed by atoms with Gasteiger partial charge in [0, 0.05) is 0 Å². The Balaban J connectivity index is 2.91. The van der Waals surface area contributed by atoms with Gasteiger partial charge in [-0.2, -0.15) is 43.9 Å². The zero-order chi connectivity index (χ0) is 25.2. The monoisotopic (exact) mass is 502 g/mol. The molecule has 0 spiro atoms. The first-order chi connectivity index (χ1) is 14.1. The summed E-state index contributed by atoms with van der Waals surface area (Å²) < 4.78 is 175. The molecule has 0 aliphatic rings. The third kappa shape index (κ3) is 7.37. The largest absolute Gasteiger partial charge is 0.527 e. The molecule has 18 heteroatoms. The second kappa shape index (κ2) is 8.89. The second-order valence-electron chi connectivity index (χ2n) is 5.40. The Bertz CT molecular complexity index is 779. The number of rotatable bonds is 10. The van der Waals surface area contributed by atoms with Crippen LogP contribution in [-0.4, -0.2) is 49.5 Å². The molecule has 0 saturated heterocycles. The average Bonchev–Trinajstić information content (AvgIpc) is 2.56. The number of hydrogen-bond donors (Lipinski definition) is 0. The summed E-state index contributed by atoms with van der Waals surface area (Å²) in [7, 11) is 0. The molecule has 1 rings (SSSR count). The van der Waals surface area contributed by atoms with Gasteiger partial charge in [-0.05, 0) is 12.1 Å². The maximum Gasteiger partial charge on any atom is 0.527 e. The lowest BCUT2D eigenvalue weighted by molar-refractivity contribution is -0.564. The first-order valence-electron chi connectivity index (χ1n) is 7.39. The van der Waals surface area contributed by atoms with Crippen LogP contribution in [0.15, 0.2) is 30.3 Å². The molecule has 0 radical (unpaired) electrons. The van der Waals surface area contributed by atoms with E-state index in [0.29, 0.717) is 0 Å². The van der Waals surface area contributed by atoms with E-state index in [4.69, 9.17) is 0 Å². The number of esters is 1. The Labute approximate surface area is 167 Å². The fourth-order valence-electron chi connectivity index (χ4n) is 1.57. The Morgan fingerprint density at radius 3 is 1.47 bits per heavy atom. The van der Waals surface area contributed by atoms with Gasteiger partial charge in [0.2, 0.25) is 0 Å². The van der Waals surface area contributed by atoms with E-state index in [9.17, 15) is 61.9 Å². The topological polar surface area (TPSA) is 54.0 Å². The van der Waals surface area contributed by atoms with Gasteiger partial charge in [-0.25, -0.2) is 19.0 Å². The van der Waals surface area contributed by atoms with Crippen LogP contribution < -0.4 is 0 Å². The van der Waals surface area contributed by atoms with Crippen LogP contribution in [0.25, 0.3) is 0 Å². The molecule has 184 valence electrons. The first kappa shape index (κ1) is 27.7. The SMILES string of the molecule is O=C(OCC(F)(F)OC(F)(F)C(F)(F)OC(F)(F)C(F)(F)OC(F)(F)F)c1ccccc1. The molecule has 0 unspecified atom stereocenters. The lowest BCUT2D eigenvalue weighted by Crippen LogP contribution is -2.57. The van der Waals surface area contributed by atoms with Crippen LogP contribution in [0.3, 0.4) is 0 Å². The fourth-order valence-corrected chi connectivity index (χ4v) is 1.57. The molecule has 0 atom stereocenters. The molecule has 0 aromatic heterocycles. The van der Waals surface area contributed by atoms with Crippen molar-refractivity contribution in [3.63, 3.8) is 0 Å². The van der Waals surface area contributed by atoms with Gasteiger partial charge in [0.25, 0.3) is 0 Å². The minimum absolute atomic E-state index is 0.421. The normalized spacial score (nSPS) is 14.4. The van der Waals surface area contributed by atoms with Gasteiger partial charge in [-0.1, -0.05) is 18.2 Å². The lowest BCUT2D eigenvalue weighted by atomic mass is 10.2. The summed E-state index contributed by atoms with van der Waals surface area (Å²) >= 11 is 0. The van der Waals surface area contributed by atoms with Crippen LogP contribution in [0.5, 0.6) is 0 Å². The highest BCUT2D eigenvalue weighted by atomic mass is 19.4. The molecule has 0 amide bonds. The highest BCUT2D eigenvalue weighted by molar-refractivity contribution is 5.89. The van der Waals surface area contributed by atoms with Gasteiger partial charge in [0.15, 0.2) is 6.61 Å². The zero-order valence-electron chi connectivity index (χ0n) is 14.5. The van der Waals surface area contributed by atoms with Crippen molar-refractivity contribution in [3.8, 4) is 0 Å². The van der Waals surface area contributed by atoms with E-state index in [-0.39, 0.29) is 0 Å². The van der Waals surface area contributed by atoms with Crippen LogP contribution in [-0.2, 0) is 18.9 Å². The fraction of sp³-hybridized carbons (Fsp3) is 0.500. The summed E-state index contributed by atoms with van der Waals surface area (Å²) in [5, 5.41) is 0. The molecule has 32 heavy (non-hydrogen) atoms. The number of carbonyl (C=O) groups excluding carboxylic acids is 1. The van der Waals surface area contributed by atoms with E-state index >= 15 is 0 Å². The van der Waals surface area contributed by atoms with Crippen LogP contribution in [0.2, 0.25) is 0 Å². The van der Waals surface area contributed by atoms with E-state index in [2.05, 4.69) is 9.47 Å². The maximum absolute atomic E-state index is 13.3. The lowest BCUT2D eigenvalue weighted by Gasteiger charge is -2.33. The number of carbonyl (C=O) groups is 1. The molecule has 1 aromatic carbocycles. The van der Waals surface area contributed by atoms with E-state index in [0.717, 1.165) is 12.1 Å². The molecular formula is C14H7F13O5. The van der Waals surface area contributed by atoms with Gasteiger partial charge >= 0.3 is 42.9 Å². The Kier molecular flexibility index (Phi) is 7.69. The number of ether oxygens (including phenoxy) is 4. The molecule has 0 bridgehead atoms. The van der Waals surface area contributed by atoms with E-state index in [1.54, 1.807) is 4.74 Å². The minimum atomic E-state index is -7.13.